The van der Waals surface area contributed by atoms with Crippen molar-refractivity contribution in [2.75, 3.05) is 33.2 Å². The molecule has 9 heteroatoms. The summed E-state index contributed by atoms with van der Waals surface area (Å²) in [7, 11) is 4.59. The predicted octanol–water partition coefficient (Wildman–Crippen LogP) is 5.33. The van der Waals surface area contributed by atoms with Crippen molar-refractivity contribution < 1.29 is 27.4 Å². The molecular weight excluding hydrogens is 423 g/mol. The number of benzene rings is 2. The number of anilines is 1. The minimum absolute atomic E-state index is 0.337. The molecule has 4 rings (SSSR count). The fraction of sp³-hybridized carbons (Fsp3) is 0.348. The topological polar surface area (TPSA) is 57.5 Å². The van der Waals surface area contributed by atoms with Crippen LogP contribution in [0.2, 0.25) is 0 Å². The molecule has 6 nitrogen and oxygen atoms in total. The monoisotopic (exact) mass is 447 g/mol. The number of nitrogens with zero attached hydrogens (tertiary/aromatic N) is 2. The second kappa shape index (κ2) is 8.64. The van der Waals surface area contributed by atoms with Crippen LogP contribution >= 0.6 is 0 Å². The summed E-state index contributed by atoms with van der Waals surface area (Å²) in [5.41, 5.74) is 1.94. The molecule has 1 aromatic heterocycles. The highest BCUT2D eigenvalue weighted by atomic mass is 19.4. The SMILES string of the molecule is COc1cc(-c2nn(-c3cccc(C(F)(F)F)c3)c3c2CCCCN3)cc(OC)c1OC. The maximum atomic E-state index is 13.3. The first-order chi connectivity index (χ1) is 15.4. The Morgan fingerprint density at radius 1 is 0.969 bits per heavy atom. The molecule has 2 heterocycles. The summed E-state index contributed by atoms with van der Waals surface area (Å²) in [6, 6.07) is 8.77. The van der Waals surface area contributed by atoms with Gasteiger partial charge in [-0.2, -0.15) is 18.3 Å². The zero-order valence-electron chi connectivity index (χ0n) is 18.0. The summed E-state index contributed by atoms with van der Waals surface area (Å²) in [5.74, 6) is 2.11. The molecule has 1 aliphatic heterocycles. The van der Waals surface area contributed by atoms with Gasteiger partial charge in [-0.15, -0.1) is 0 Å². The first-order valence-corrected chi connectivity index (χ1v) is 10.2. The Morgan fingerprint density at radius 2 is 1.69 bits per heavy atom. The van der Waals surface area contributed by atoms with Gasteiger partial charge in [-0.05, 0) is 49.6 Å². The van der Waals surface area contributed by atoms with Crippen LogP contribution in [0.5, 0.6) is 17.2 Å². The zero-order valence-corrected chi connectivity index (χ0v) is 18.0. The van der Waals surface area contributed by atoms with Gasteiger partial charge in [-0.1, -0.05) is 6.07 Å². The Balaban J connectivity index is 1.92. The van der Waals surface area contributed by atoms with Crippen LogP contribution < -0.4 is 19.5 Å². The molecule has 0 radical (unpaired) electrons. The summed E-state index contributed by atoms with van der Waals surface area (Å²) in [5, 5.41) is 8.09. The second-order valence-corrected chi connectivity index (χ2v) is 7.43. The van der Waals surface area contributed by atoms with Crippen LogP contribution in [0.25, 0.3) is 16.9 Å². The summed E-state index contributed by atoms with van der Waals surface area (Å²) in [6.45, 7) is 0.715. The van der Waals surface area contributed by atoms with Crippen LogP contribution in [0.15, 0.2) is 36.4 Å². The fourth-order valence-electron chi connectivity index (χ4n) is 3.95. The average molecular weight is 447 g/mol. The van der Waals surface area contributed by atoms with Crippen LogP contribution in [0.1, 0.15) is 24.0 Å². The highest BCUT2D eigenvalue weighted by molar-refractivity contribution is 5.75. The van der Waals surface area contributed by atoms with Crippen molar-refractivity contribution in [3.8, 4) is 34.2 Å². The van der Waals surface area contributed by atoms with Crippen LogP contribution in [-0.4, -0.2) is 37.7 Å². The molecule has 0 saturated carbocycles. The van der Waals surface area contributed by atoms with E-state index in [2.05, 4.69) is 5.32 Å². The van der Waals surface area contributed by atoms with Gasteiger partial charge in [0, 0.05) is 17.7 Å². The Kier molecular flexibility index (Phi) is 5.90. The van der Waals surface area contributed by atoms with E-state index < -0.39 is 11.7 Å². The first kappa shape index (κ1) is 21.9. The van der Waals surface area contributed by atoms with Crippen LogP contribution in [0.4, 0.5) is 19.0 Å². The van der Waals surface area contributed by atoms with Gasteiger partial charge in [-0.3, -0.25) is 0 Å². The van der Waals surface area contributed by atoms with Crippen molar-refractivity contribution in [2.45, 2.75) is 25.4 Å². The van der Waals surface area contributed by atoms with Crippen molar-refractivity contribution in [1.29, 1.82) is 0 Å². The second-order valence-electron chi connectivity index (χ2n) is 7.43. The van der Waals surface area contributed by atoms with Gasteiger partial charge >= 0.3 is 6.18 Å². The quantitative estimate of drug-likeness (QED) is 0.573. The highest BCUT2D eigenvalue weighted by Crippen LogP contribution is 2.43. The van der Waals surface area contributed by atoms with Gasteiger partial charge in [0.25, 0.3) is 0 Å². The van der Waals surface area contributed by atoms with Crippen molar-refractivity contribution in [2.24, 2.45) is 0 Å². The third-order valence-corrected chi connectivity index (χ3v) is 5.49. The number of fused-ring (bicyclic) bond motifs is 1. The minimum Gasteiger partial charge on any atom is -0.493 e. The molecule has 0 bridgehead atoms. The van der Waals surface area contributed by atoms with Crippen LogP contribution in [0, 0.1) is 0 Å². The predicted molar refractivity (Wildman–Crippen MR) is 115 cm³/mol. The number of hydrogen-bond acceptors (Lipinski definition) is 5. The largest absolute Gasteiger partial charge is 0.493 e. The maximum Gasteiger partial charge on any atom is 0.416 e. The molecule has 0 spiro atoms. The van der Waals surface area contributed by atoms with Gasteiger partial charge in [-0.25, -0.2) is 4.68 Å². The van der Waals surface area contributed by atoms with Gasteiger partial charge in [0.1, 0.15) is 5.82 Å². The third kappa shape index (κ3) is 3.94. The number of ether oxygens (including phenoxy) is 3. The molecule has 1 aliphatic rings. The molecule has 0 saturated heterocycles. The van der Waals surface area contributed by atoms with E-state index in [0.717, 1.165) is 42.5 Å². The molecule has 0 unspecified atom stereocenters. The van der Waals surface area contributed by atoms with E-state index in [-0.39, 0.29) is 0 Å². The number of methoxy groups -OCH3 is 3. The maximum absolute atomic E-state index is 13.3. The van der Waals surface area contributed by atoms with Crippen molar-refractivity contribution >= 4 is 5.82 Å². The van der Waals surface area contributed by atoms with Crippen molar-refractivity contribution in [3.05, 3.63) is 47.5 Å². The molecule has 0 fully saturated rings. The summed E-state index contributed by atoms with van der Waals surface area (Å²) >= 11 is 0. The Bertz CT molecular complexity index is 1100. The molecular formula is C23H24F3N3O3. The standard InChI is InChI=1S/C23H24F3N3O3/c1-30-18-11-14(12-19(31-2)21(18)32-3)20-17-9-4-5-10-27-22(17)29(28-20)16-8-6-7-15(13-16)23(24,25)26/h6-8,11-13,27H,4-5,9-10H2,1-3H3. The summed E-state index contributed by atoms with van der Waals surface area (Å²) in [4.78, 5) is 0. The molecule has 0 atom stereocenters. The smallest absolute Gasteiger partial charge is 0.416 e. The molecule has 0 aliphatic carbocycles. The summed E-state index contributed by atoms with van der Waals surface area (Å²) in [6.07, 6.45) is -1.81. The van der Waals surface area contributed by atoms with E-state index >= 15 is 0 Å². The molecule has 2 aromatic carbocycles. The molecule has 1 N–H and O–H groups in total. The third-order valence-electron chi connectivity index (χ3n) is 5.49. The average Bonchev–Trinajstić information content (AvgIpc) is 2.98. The van der Waals surface area contributed by atoms with E-state index in [1.54, 1.807) is 22.9 Å². The van der Waals surface area contributed by atoms with Crippen molar-refractivity contribution in [3.63, 3.8) is 0 Å². The molecule has 3 aromatic rings. The van der Waals surface area contributed by atoms with Gasteiger partial charge in [0.05, 0.1) is 38.3 Å². The summed E-state index contributed by atoms with van der Waals surface area (Å²) < 4.78 is 57.8. The van der Waals surface area contributed by atoms with Gasteiger partial charge in [0.2, 0.25) is 5.75 Å². The molecule has 32 heavy (non-hydrogen) atoms. The van der Waals surface area contributed by atoms with Gasteiger partial charge < -0.3 is 19.5 Å². The lowest BCUT2D eigenvalue weighted by atomic mass is 10.0. The number of rotatable bonds is 5. The van der Waals surface area contributed by atoms with E-state index in [4.69, 9.17) is 19.3 Å². The number of aromatic nitrogens is 2. The Labute approximate surface area is 183 Å². The minimum atomic E-state index is -4.44. The molecule has 0 amide bonds. The number of nitrogens with one attached hydrogen (secondary N) is 1. The van der Waals surface area contributed by atoms with Gasteiger partial charge in [0.15, 0.2) is 11.5 Å². The number of halogens is 3. The number of alkyl halides is 3. The van der Waals surface area contributed by atoms with E-state index in [9.17, 15) is 13.2 Å². The van der Waals surface area contributed by atoms with E-state index in [1.165, 1.54) is 27.4 Å². The molecule has 170 valence electrons. The first-order valence-electron chi connectivity index (χ1n) is 10.2. The van der Waals surface area contributed by atoms with Crippen LogP contribution in [-0.2, 0) is 12.6 Å². The zero-order chi connectivity index (χ0) is 22.9. The van der Waals surface area contributed by atoms with Crippen molar-refractivity contribution in [1.82, 2.24) is 9.78 Å². The Hall–Kier alpha value is -3.36. The lowest BCUT2D eigenvalue weighted by Crippen LogP contribution is -2.09. The normalized spacial score (nSPS) is 13.7. The fourth-order valence-corrected chi connectivity index (χ4v) is 3.95. The van der Waals surface area contributed by atoms with E-state index in [0.29, 0.717) is 41.0 Å². The van der Waals surface area contributed by atoms with Crippen LogP contribution in [0.3, 0.4) is 0 Å². The number of hydrogen-bond donors (Lipinski definition) is 1. The van der Waals surface area contributed by atoms with E-state index in [1.807, 2.05) is 0 Å². The Morgan fingerprint density at radius 3 is 2.31 bits per heavy atom. The highest BCUT2D eigenvalue weighted by Gasteiger charge is 2.31. The lowest BCUT2D eigenvalue weighted by molar-refractivity contribution is -0.137. The lowest BCUT2D eigenvalue weighted by Gasteiger charge is -2.14.